The Morgan fingerprint density at radius 2 is 2.00 bits per heavy atom. The molecule has 10 heteroatoms. The van der Waals surface area contributed by atoms with Gasteiger partial charge in [0.25, 0.3) is 0 Å². The molecule has 0 saturated carbocycles. The molecule has 1 heterocycles. The summed E-state index contributed by atoms with van der Waals surface area (Å²) in [6.45, 7) is 6.53. The number of aliphatic hydroxyl groups excluding tert-OH is 2. The third kappa shape index (κ3) is 9.98. The van der Waals surface area contributed by atoms with E-state index in [0.717, 1.165) is 0 Å². The van der Waals surface area contributed by atoms with Gasteiger partial charge in [-0.3, -0.25) is 9.59 Å². The lowest BCUT2D eigenvalue weighted by atomic mass is 10.00. The zero-order valence-electron chi connectivity index (χ0n) is 22.1. The Balaban J connectivity index is 2.38. The lowest BCUT2D eigenvalue weighted by molar-refractivity contribution is -0.140. The molecule has 1 aromatic carbocycles. The van der Waals surface area contributed by atoms with E-state index in [1.807, 2.05) is 13.8 Å². The average molecular weight is 543 g/mol. The van der Waals surface area contributed by atoms with Crippen LogP contribution in [-0.2, 0) is 19.1 Å². The molecule has 1 saturated heterocycles. The zero-order valence-corrected chi connectivity index (χ0v) is 22.9. The van der Waals surface area contributed by atoms with Crippen LogP contribution >= 0.6 is 11.6 Å². The molecule has 1 aromatic rings. The largest absolute Gasteiger partial charge is 0.388 e. The van der Waals surface area contributed by atoms with Crippen molar-refractivity contribution in [2.75, 3.05) is 40.0 Å². The van der Waals surface area contributed by atoms with E-state index >= 15 is 0 Å². The summed E-state index contributed by atoms with van der Waals surface area (Å²) in [5.41, 5.74) is 0.521. The Morgan fingerprint density at radius 1 is 1.27 bits per heavy atom. The predicted octanol–water partition coefficient (Wildman–Crippen LogP) is 3.13. The lowest BCUT2D eigenvalue weighted by Crippen LogP contribution is -2.53. The van der Waals surface area contributed by atoms with Crippen molar-refractivity contribution in [1.29, 1.82) is 0 Å². The lowest BCUT2D eigenvalue weighted by Gasteiger charge is -2.38. The Labute approximate surface area is 224 Å². The standard InChI is InChI=1S/C27H40ClFN2O6/c1-18(2)13-22-15-30(19(3)32)16-25(36-4)27(35)24(33)17-37-12-6-5-11-31(22)26(34)10-8-20-7-9-21(29)14-23(20)28/h7-10,14,18,22,24-25,27,33,35H,5-6,11-13,15-17H2,1-4H3/b10-8+/t22-,24+,25+,27+/m0/s1. The van der Waals surface area contributed by atoms with E-state index in [4.69, 9.17) is 21.1 Å². The summed E-state index contributed by atoms with van der Waals surface area (Å²) in [6, 6.07) is 3.67. The molecule has 1 fully saturated rings. The van der Waals surface area contributed by atoms with Crippen molar-refractivity contribution in [3.05, 3.63) is 40.7 Å². The van der Waals surface area contributed by atoms with Gasteiger partial charge in [0.15, 0.2) is 0 Å². The molecule has 2 amide bonds. The van der Waals surface area contributed by atoms with Gasteiger partial charge in [-0.25, -0.2) is 4.39 Å². The molecule has 0 aromatic heterocycles. The molecule has 208 valence electrons. The minimum absolute atomic E-state index is 0.0434. The first-order valence-corrected chi connectivity index (χ1v) is 13.1. The van der Waals surface area contributed by atoms with Gasteiger partial charge in [0.1, 0.15) is 24.1 Å². The van der Waals surface area contributed by atoms with E-state index in [0.29, 0.717) is 38.0 Å². The quantitative estimate of drug-likeness (QED) is 0.555. The summed E-state index contributed by atoms with van der Waals surface area (Å²) in [7, 11) is 1.41. The summed E-state index contributed by atoms with van der Waals surface area (Å²) >= 11 is 6.13. The topological polar surface area (TPSA) is 99.5 Å². The van der Waals surface area contributed by atoms with E-state index < -0.39 is 24.1 Å². The van der Waals surface area contributed by atoms with Crippen LogP contribution < -0.4 is 0 Å². The molecule has 0 aliphatic carbocycles. The van der Waals surface area contributed by atoms with Crippen molar-refractivity contribution in [1.82, 2.24) is 9.80 Å². The average Bonchev–Trinajstić information content (AvgIpc) is 2.83. The molecule has 4 atom stereocenters. The van der Waals surface area contributed by atoms with Crippen LogP contribution in [0.2, 0.25) is 5.02 Å². The van der Waals surface area contributed by atoms with Crippen LogP contribution in [0.15, 0.2) is 24.3 Å². The molecule has 1 aliphatic rings. The number of carbonyl (C=O) groups is 2. The van der Waals surface area contributed by atoms with Gasteiger partial charge in [-0.15, -0.1) is 0 Å². The molecule has 0 unspecified atom stereocenters. The molecule has 8 nitrogen and oxygen atoms in total. The highest BCUT2D eigenvalue weighted by molar-refractivity contribution is 6.32. The van der Waals surface area contributed by atoms with Gasteiger partial charge in [-0.2, -0.15) is 0 Å². The molecule has 0 spiro atoms. The Hall–Kier alpha value is -2.04. The van der Waals surface area contributed by atoms with Gasteiger partial charge in [0.2, 0.25) is 11.8 Å². The van der Waals surface area contributed by atoms with Crippen molar-refractivity contribution in [3.8, 4) is 0 Å². The van der Waals surface area contributed by atoms with Crippen LogP contribution in [0.1, 0.15) is 45.6 Å². The van der Waals surface area contributed by atoms with Gasteiger partial charge in [0.05, 0.1) is 11.6 Å². The smallest absolute Gasteiger partial charge is 0.246 e. The minimum Gasteiger partial charge on any atom is -0.388 e. The number of carbonyl (C=O) groups excluding carboxylic acids is 2. The molecule has 37 heavy (non-hydrogen) atoms. The molecule has 0 radical (unpaired) electrons. The van der Waals surface area contributed by atoms with E-state index in [1.54, 1.807) is 15.9 Å². The third-order valence-electron chi connectivity index (χ3n) is 6.42. The fourth-order valence-electron chi connectivity index (χ4n) is 4.37. The maximum absolute atomic E-state index is 13.5. The predicted molar refractivity (Wildman–Crippen MR) is 141 cm³/mol. The first-order valence-electron chi connectivity index (χ1n) is 12.7. The summed E-state index contributed by atoms with van der Waals surface area (Å²) in [4.78, 5) is 29.4. The molecule has 1 aliphatic heterocycles. The zero-order chi connectivity index (χ0) is 27.5. The Morgan fingerprint density at radius 3 is 2.62 bits per heavy atom. The van der Waals surface area contributed by atoms with Crippen molar-refractivity contribution in [2.24, 2.45) is 5.92 Å². The fourth-order valence-corrected chi connectivity index (χ4v) is 4.60. The Bertz CT molecular complexity index is 915. The number of ether oxygens (including phenoxy) is 2. The maximum atomic E-state index is 13.5. The van der Waals surface area contributed by atoms with Gasteiger partial charge >= 0.3 is 0 Å². The van der Waals surface area contributed by atoms with E-state index in [2.05, 4.69) is 0 Å². The second-order valence-corrected chi connectivity index (χ2v) is 10.3. The summed E-state index contributed by atoms with van der Waals surface area (Å²) in [6.07, 6.45) is 1.65. The SMILES string of the molecule is CO[C@@H]1CN(C(C)=O)C[C@H](CC(C)C)N(C(=O)/C=C/c2ccc(F)cc2Cl)CCCCOC[C@@H](O)[C@H]1O. The summed E-state index contributed by atoms with van der Waals surface area (Å²) < 4.78 is 24.4. The van der Waals surface area contributed by atoms with Crippen molar-refractivity contribution in [2.45, 2.75) is 64.4 Å². The molecule has 0 bridgehead atoms. The van der Waals surface area contributed by atoms with Gasteiger partial charge in [-0.05, 0) is 49.0 Å². The van der Waals surface area contributed by atoms with Gasteiger partial charge < -0.3 is 29.5 Å². The van der Waals surface area contributed by atoms with E-state index in [9.17, 15) is 24.2 Å². The van der Waals surface area contributed by atoms with Gasteiger partial charge in [0, 0.05) is 52.4 Å². The Kier molecular flexibility index (Phi) is 13.0. The summed E-state index contributed by atoms with van der Waals surface area (Å²) in [5.74, 6) is -0.709. The number of aliphatic hydroxyl groups is 2. The number of benzene rings is 1. The van der Waals surface area contributed by atoms with Crippen LogP contribution in [0, 0.1) is 11.7 Å². The minimum atomic E-state index is -1.25. The monoisotopic (exact) mass is 542 g/mol. The van der Waals surface area contributed by atoms with Crippen LogP contribution in [0.25, 0.3) is 6.08 Å². The van der Waals surface area contributed by atoms with Crippen LogP contribution in [-0.4, -0.2) is 96.1 Å². The second kappa shape index (κ2) is 15.4. The maximum Gasteiger partial charge on any atom is 0.246 e. The van der Waals surface area contributed by atoms with Crippen molar-refractivity contribution >= 4 is 29.5 Å². The highest BCUT2D eigenvalue weighted by Gasteiger charge is 2.32. The number of rotatable bonds is 5. The van der Waals surface area contributed by atoms with Crippen molar-refractivity contribution in [3.63, 3.8) is 0 Å². The van der Waals surface area contributed by atoms with E-state index in [1.165, 1.54) is 38.3 Å². The number of methoxy groups -OCH3 is 1. The normalized spacial score (nSPS) is 24.9. The summed E-state index contributed by atoms with van der Waals surface area (Å²) in [5, 5.41) is 21.2. The first kappa shape index (κ1) is 31.2. The molecule has 2 rings (SSSR count). The highest BCUT2D eigenvalue weighted by atomic mass is 35.5. The van der Waals surface area contributed by atoms with Crippen molar-refractivity contribution < 1.29 is 33.7 Å². The third-order valence-corrected chi connectivity index (χ3v) is 6.74. The molecular formula is C27H40ClFN2O6. The first-order chi connectivity index (χ1) is 17.5. The van der Waals surface area contributed by atoms with Gasteiger partial charge in [-0.1, -0.05) is 31.5 Å². The van der Waals surface area contributed by atoms with Crippen LogP contribution in [0.5, 0.6) is 0 Å². The number of halogens is 2. The molecular weight excluding hydrogens is 503 g/mol. The number of amides is 2. The number of nitrogens with zero attached hydrogens (tertiary/aromatic N) is 2. The highest BCUT2D eigenvalue weighted by Crippen LogP contribution is 2.21. The van der Waals surface area contributed by atoms with Crippen LogP contribution in [0.4, 0.5) is 4.39 Å². The number of hydrogen-bond acceptors (Lipinski definition) is 6. The fraction of sp³-hybridized carbons (Fsp3) is 0.630. The van der Waals surface area contributed by atoms with E-state index in [-0.39, 0.29) is 48.5 Å². The van der Waals surface area contributed by atoms with Crippen LogP contribution in [0.3, 0.4) is 0 Å². The second-order valence-electron chi connectivity index (χ2n) is 9.85. The molecule has 2 N–H and O–H groups in total. The number of hydrogen-bond donors (Lipinski definition) is 2.